The first-order valence-electron chi connectivity index (χ1n) is 7.38. The Morgan fingerprint density at radius 3 is 2.80 bits per heavy atom. The minimum atomic E-state index is -0.235. The Bertz CT molecular complexity index is 462. The summed E-state index contributed by atoms with van der Waals surface area (Å²) < 4.78 is 5.42. The van der Waals surface area contributed by atoms with E-state index < -0.39 is 0 Å². The van der Waals surface area contributed by atoms with Crippen molar-refractivity contribution in [1.82, 2.24) is 4.90 Å². The van der Waals surface area contributed by atoms with Crippen LogP contribution in [0.3, 0.4) is 0 Å². The molecule has 108 valence electrons. The number of aliphatic hydroxyl groups excluding tert-OH is 1. The van der Waals surface area contributed by atoms with Gasteiger partial charge in [-0.3, -0.25) is 0 Å². The quantitative estimate of drug-likeness (QED) is 0.921. The van der Waals surface area contributed by atoms with Crippen LogP contribution >= 0.6 is 0 Å². The van der Waals surface area contributed by atoms with Gasteiger partial charge in [-0.25, -0.2) is 4.79 Å². The molecule has 1 N–H and O–H groups in total. The van der Waals surface area contributed by atoms with Crippen LogP contribution in [0.4, 0.5) is 4.79 Å². The van der Waals surface area contributed by atoms with Crippen LogP contribution < -0.4 is 0 Å². The molecule has 3 rings (SSSR count). The van der Waals surface area contributed by atoms with Crippen molar-refractivity contribution in [3.05, 3.63) is 35.9 Å². The number of aliphatic hydroxyl groups is 1. The molecule has 1 saturated carbocycles. The smallest absolute Gasteiger partial charge is 0.410 e. The number of likely N-dealkylation sites (tertiary alicyclic amines) is 1. The van der Waals surface area contributed by atoms with Crippen molar-refractivity contribution in [3.63, 3.8) is 0 Å². The first kappa shape index (κ1) is 13.4. The summed E-state index contributed by atoms with van der Waals surface area (Å²) in [6.45, 7) is 1.23. The van der Waals surface area contributed by atoms with Gasteiger partial charge in [-0.1, -0.05) is 36.8 Å². The lowest BCUT2D eigenvalue weighted by Crippen LogP contribution is -2.39. The zero-order valence-corrected chi connectivity index (χ0v) is 11.6. The van der Waals surface area contributed by atoms with Crippen LogP contribution in [0.25, 0.3) is 0 Å². The van der Waals surface area contributed by atoms with Gasteiger partial charge >= 0.3 is 6.09 Å². The lowest BCUT2D eigenvalue weighted by atomic mass is 9.80. The van der Waals surface area contributed by atoms with Gasteiger partial charge in [0.15, 0.2) is 0 Å². The van der Waals surface area contributed by atoms with Gasteiger partial charge in [-0.2, -0.15) is 0 Å². The zero-order chi connectivity index (χ0) is 13.9. The third-order valence-electron chi connectivity index (χ3n) is 4.66. The first-order chi connectivity index (χ1) is 9.79. The Hall–Kier alpha value is -1.55. The molecular weight excluding hydrogens is 254 g/mol. The maximum Gasteiger partial charge on any atom is 0.410 e. The Balaban J connectivity index is 1.60. The molecule has 1 aromatic carbocycles. The SMILES string of the molecule is O=C(OCc1ccccc1)N1CC2CCCC1C2CO. The number of hydrogen-bond acceptors (Lipinski definition) is 3. The molecule has 0 radical (unpaired) electrons. The highest BCUT2D eigenvalue weighted by atomic mass is 16.6. The standard InChI is InChI=1S/C16H21NO3/c18-10-14-13-7-4-8-15(14)17(9-13)16(19)20-11-12-5-2-1-3-6-12/h1-3,5-6,13-15,18H,4,7-11H2. The molecule has 1 aromatic rings. The summed E-state index contributed by atoms with van der Waals surface area (Å²) in [7, 11) is 0. The molecule has 2 aliphatic rings. The van der Waals surface area contributed by atoms with Crippen LogP contribution in [0.15, 0.2) is 30.3 Å². The third kappa shape index (κ3) is 2.52. The fraction of sp³-hybridized carbons (Fsp3) is 0.562. The molecule has 0 spiro atoms. The van der Waals surface area contributed by atoms with Crippen LogP contribution in [0.2, 0.25) is 0 Å². The molecule has 1 heterocycles. The van der Waals surface area contributed by atoms with Crippen LogP contribution in [0.5, 0.6) is 0 Å². The molecule has 2 bridgehead atoms. The van der Waals surface area contributed by atoms with Gasteiger partial charge in [0, 0.05) is 25.1 Å². The summed E-state index contributed by atoms with van der Waals surface area (Å²) >= 11 is 0. The van der Waals surface area contributed by atoms with Crippen LogP contribution in [0.1, 0.15) is 24.8 Å². The summed E-state index contributed by atoms with van der Waals surface area (Å²) in [5.74, 6) is 0.691. The molecule has 0 aromatic heterocycles. The molecule has 1 aliphatic carbocycles. The highest BCUT2D eigenvalue weighted by Gasteiger charge is 2.46. The summed E-state index contributed by atoms with van der Waals surface area (Å²) in [5, 5.41) is 9.50. The second kappa shape index (κ2) is 5.83. The predicted octanol–water partition coefficient (Wildman–Crippen LogP) is 2.42. The van der Waals surface area contributed by atoms with Crippen molar-refractivity contribution in [1.29, 1.82) is 0 Å². The number of hydrogen-bond donors (Lipinski definition) is 1. The number of nitrogens with zero attached hydrogens (tertiary/aromatic N) is 1. The Morgan fingerprint density at radius 1 is 1.30 bits per heavy atom. The molecule has 4 heteroatoms. The third-order valence-corrected chi connectivity index (χ3v) is 4.66. The lowest BCUT2D eigenvalue weighted by molar-refractivity contribution is 0.0789. The van der Waals surface area contributed by atoms with E-state index in [2.05, 4.69) is 0 Å². The average Bonchev–Trinajstić information content (AvgIpc) is 2.70. The van der Waals surface area contributed by atoms with E-state index in [0.717, 1.165) is 31.4 Å². The minimum absolute atomic E-state index is 0.169. The van der Waals surface area contributed by atoms with Crippen molar-refractivity contribution >= 4 is 6.09 Å². The molecule has 1 amide bonds. The summed E-state index contributed by atoms with van der Waals surface area (Å²) in [6.07, 6.45) is 3.02. The maximum absolute atomic E-state index is 12.2. The van der Waals surface area contributed by atoms with Crippen LogP contribution in [-0.2, 0) is 11.3 Å². The molecule has 1 aliphatic heterocycles. The second-order valence-electron chi connectivity index (χ2n) is 5.80. The van der Waals surface area contributed by atoms with Crippen LogP contribution in [0, 0.1) is 11.8 Å². The van der Waals surface area contributed by atoms with E-state index in [1.807, 2.05) is 35.2 Å². The number of ether oxygens (including phenoxy) is 1. The van der Waals surface area contributed by atoms with Crippen molar-refractivity contribution in [2.75, 3.05) is 13.2 Å². The molecule has 20 heavy (non-hydrogen) atoms. The molecule has 3 unspecified atom stereocenters. The summed E-state index contributed by atoms with van der Waals surface area (Å²) in [4.78, 5) is 14.1. The maximum atomic E-state index is 12.2. The van der Waals surface area contributed by atoms with Gasteiger partial charge in [-0.05, 0) is 24.3 Å². The van der Waals surface area contributed by atoms with E-state index >= 15 is 0 Å². The van der Waals surface area contributed by atoms with Gasteiger partial charge in [0.1, 0.15) is 6.61 Å². The van der Waals surface area contributed by atoms with Crippen molar-refractivity contribution in [2.24, 2.45) is 11.8 Å². The van der Waals surface area contributed by atoms with Crippen LogP contribution in [-0.4, -0.2) is 35.3 Å². The number of carbonyl (C=O) groups excluding carboxylic acids is 1. The fourth-order valence-corrected chi connectivity index (χ4v) is 3.62. The zero-order valence-electron chi connectivity index (χ0n) is 11.6. The number of fused-ring (bicyclic) bond motifs is 2. The van der Waals surface area contributed by atoms with E-state index in [4.69, 9.17) is 4.74 Å². The predicted molar refractivity (Wildman–Crippen MR) is 75.0 cm³/mol. The number of amides is 1. The molecule has 1 saturated heterocycles. The van der Waals surface area contributed by atoms with Crippen molar-refractivity contribution in [2.45, 2.75) is 31.9 Å². The monoisotopic (exact) mass is 275 g/mol. The van der Waals surface area contributed by atoms with E-state index in [1.165, 1.54) is 0 Å². The molecule has 3 atom stereocenters. The number of carbonyl (C=O) groups is 1. The molecule has 2 fully saturated rings. The van der Waals surface area contributed by atoms with Gasteiger partial charge < -0.3 is 14.7 Å². The number of benzene rings is 1. The summed E-state index contributed by atoms with van der Waals surface area (Å²) in [6, 6.07) is 9.89. The summed E-state index contributed by atoms with van der Waals surface area (Å²) in [5.41, 5.74) is 1.00. The largest absolute Gasteiger partial charge is 0.445 e. The second-order valence-corrected chi connectivity index (χ2v) is 5.80. The number of rotatable bonds is 3. The highest BCUT2D eigenvalue weighted by molar-refractivity contribution is 5.68. The van der Waals surface area contributed by atoms with Crippen molar-refractivity contribution < 1.29 is 14.6 Å². The van der Waals surface area contributed by atoms with E-state index in [0.29, 0.717) is 12.5 Å². The van der Waals surface area contributed by atoms with Gasteiger partial charge in [0.25, 0.3) is 0 Å². The van der Waals surface area contributed by atoms with Gasteiger partial charge in [0.2, 0.25) is 0 Å². The van der Waals surface area contributed by atoms with E-state index in [1.54, 1.807) is 0 Å². The minimum Gasteiger partial charge on any atom is -0.445 e. The Morgan fingerprint density at radius 2 is 2.10 bits per heavy atom. The Kier molecular flexibility index (Phi) is 3.92. The van der Waals surface area contributed by atoms with E-state index in [-0.39, 0.29) is 24.7 Å². The molecule has 4 nitrogen and oxygen atoms in total. The van der Waals surface area contributed by atoms with E-state index in [9.17, 15) is 9.90 Å². The van der Waals surface area contributed by atoms with Gasteiger partial charge in [-0.15, -0.1) is 0 Å². The first-order valence-corrected chi connectivity index (χ1v) is 7.38. The molecular formula is C16H21NO3. The Labute approximate surface area is 119 Å². The highest BCUT2D eigenvalue weighted by Crippen LogP contribution is 2.40. The fourth-order valence-electron chi connectivity index (χ4n) is 3.62. The topological polar surface area (TPSA) is 49.8 Å². The normalized spacial score (nSPS) is 28.4. The average molecular weight is 275 g/mol. The van der Waals surface area contributed by atoms with Crippen molar-refractivity contribution in [3.8, 4) is 0 Å². The lowest BCUT2D eigenvalue weighted by Gasteiger charge is -2.29. The van der Waals surface area contributed by atoms with Gasteiger partial charge in [0.05, 0.1) is 0 Å².